The molecule has 2 heterocycles. The zero-order chi connectivity index (χ0) is 20.4. The summed E-state index contributed by atoms with van der Waals surface area (Å²) in [6.07, 6.45) is 2.34. The van der Waals surface area contributed by atoms with Crippen molar-refractivity contribution in [1.82, 2.24) is 20.3 Å². The molecule has 0 bridgehead atoms. The van der Waals surface area contributed by atoms with Crippen LogP contribution in [0.1, 0.15) is 35.5 Å². The highest BCUT2D eigenvalue weighted by Gasteiger charge is 2.19. The molecule has 1 aromatic carbocycles. The molecule has 3 aromatic rings. The number of nitriles is 1. The molecule has 2 N–H and O–H groups in total. The van der Waals surface area contributed by atoms with Crippen LogP contribution in [-0.2, 0) is 11.2 Å². The van der Waals surface area contributed by atoms with Crippen molar-refractivity contribution >= 4 is 16.8 Å². The predicted octanol–water partition coefficient (Wildman–Crippen LogP) is 2.20. The van der Waals surface area contributed by atoms with E-state index in [1.807, 2.05) is 6.07 Å². The molecule has 0 aliphatic rings. The zero-order valence-corrected chi connectivity index (χ0v) is 15.0. The molecule has 28 heavy (non-hydrogen) atoms. The lowest BCUT2D eigenvalue weighted by Gasteiger charge is -2.14. The number of hydrogen-bond acceptors (Lipinski definition) is 5. The molecule has 0 unspecified atom stereocenters. The van der Waals surface area contributed by atoms with Gasteiger partial charge in [-0.3, -0.25) is 14.6 Å². The molecule has 7 nitrogen and oxygen atoms in total. The van der Waals surface area contributed by atoms with Gasteiger partial charge in [0.05, 0.1) is 36.1 Å². The fourth-order valence-electron chi connectivity index (χ4n) is 2.90. The third-order valence-electron chi connectivity index (χ3n) is 4.39. The lowest BCUT2D eigenvalue weighted by molar-refractivity contribution is -0.121. The van der Waals surface area contributed by atoms with Crippen LogP contribution in [0.4, 0.5) is 8.78 Å². The summed E-state index contributed by atoms with van der Waals surface area (Å²) in [5.74, 6) is -2.61. The molecular weight excluding hydrogens is 368 g/mol. The van der Waals surface area contributed by atoms with Crippen molar-refractivity contribution in [3.63, 3.8) is 0 Å². The molecule has 0 fully saturated rings. The van der Waals surface area contributed by atoms with E-state index in [0.717, 1.165) is 6.07 Å². The van der Waals surface area contributed by atoms with Gasteiger partial charge in [-0.05, 0) is 31.5 Å². The Labute approximate surface area is 158 Å². The molecule has 0 aliphatic carbocycles. The van der Waals surface area contributed by atoms with Crippen molar-refractivity contribution in [1.29, 1.82) is 5.26 Å². The van der Waals surface area contributed by atoms with Crippen LogP contribution in [0, 0.1) is 29.9 Å². The van der Waals surface area contributed by atoms with Crippen LogP contribution in [0.2, 0.25) is 0 Å². The highest BCUT2D eigenvalue weighted by atomic mass is 19.2. The molecule has 0 radical (unpaired) electrons. The van der Waals surface area contributed by atoms with Crippen LogP contribution in [0.5, 0.6) is 0 Å². The Morgan fingerprint density at radius 2 is 2.07 bits per heavy atom. The maximum atomic E-state index is 14.2. The number of carbonyl (C=O) groups is 1. The van der Waals surface area contributed by atoms with Crippen LogP contribution < -0.4 is 10.9 Å². The summed E-state index contributed by atoms with van der Waals surface area (Å²) in [6.45, 7) is 3.14. The average molecular weight is 383 g/mol. The molecule has 0 spiro atoms. The standard InChI is InChI=1S/C19H15F2N5O2/c1-9-12(19(28)26-14-4-3-13(20)18(21)17(9)14)5-16(27)25-10(2)15-8-23-11(6-22)7-24-15/h3-4,7-8,10H,5H2,1-2H3,(H,25,27)(H,26,28)/t10-/m1/s1. The quantitative estimate of drug-likeness (QED) is 0.717. The zero-order valence-electron chi connectivity index (χ0n) is 15.0. The number of aromatic nitrogens is 3. The molecule has 3 rings (SSSR count). The smallest absolute Gasteiger partial charge is 0.252 e. The number of H-pyrrole nitrogens is 1. The molecule has 0 saturated carbocycles. The number of pyridine rings is 1. The van der Waals surface area contributed by atoms with Crippen molar-refractivity contribution in [3.05, 3.63) is 69.0 Å². The third-order valence-corrected chi connectivity index (χ3v) is 4.39. The van der Waals surface area contributed by atoms with Crippen molar-refractivity contribution in [2.75, 3.05) is 0 Å². The lowest BCUT2D eigenvalue weighted by atomic mass is 10.0. The van der Waals surface area contributed by atoms with Crippen LogP contribution in [0.15, 0.2) is 29.3 Å². The number of hydrogen-bond donors (Lipinski definition) is 2. The molecule has 142 valence electrons. The Balaban J connectivity index is 1.85. The maximum Gasteiger partial charge on any atom is 0.252 e. The molecule has 1 amide bonds. The third kappa shape index (κ3) is 3.57. The first-order chi connectivity index (χ1) is 13.3. The van der Waals surface area contributed by atoms with E-state index in [1.165, 1.54) is 25.4 Å². The Morgan fingerprint density at radius 3 is 2.71 bits per heavy atom. The number of aromatic amines is 1. The molecule has 2 aromatic heterocycles. The number of rotatable bonds is 4. The van der Waals surface area contributed by atoms with E-state index in [9.17, 15) is 18.4 Å². The Bertz CT molecular complexity index is 1170. The van der Waals surface area contributed by atoms with E-state index in [-0.39, 0.29) is 34.1 Å². The molecule has 1 atom stereocenters. The molecular formula is C19H15F2N5O2. The minimum Gasteiger partial charge on any atom is -0.348 e. The molecule has 0 aliphatic heterocycles. The minimum atomic E-state index is -1.07. The van der Waals surface area contributed by atoms with Gasteiger partial charge in [-0.15, -0.1) is 0 Å². The van der Waals surface area contributed by atoms with Gasteiger partial charge in [-0.1, -0.05) is 0 Å². The van der Waals surface area contributed by atoms with E-state index < -0.39 is 29.1 Å². The first-order valence-corrected chi connectivity index (χ1v) is 8.32. The first-order valence-electron chi connectivity index (χ1n) is 8.32. The van der Waals surface area contributed by atoms with E-state index in [0.29, 0.717) is 5.69 Å². The number of nitrogens with one attached hydrogen (secondary N) is 2. The predicted molar refractivity (Wildman–Crippen MR) is 96.2 cm³/mol. The number of aryl methyl sites for hydroxylation is 1. The van der Waals surface area contributed by atoms with Crippen molar-refractivity contribution in [2.24, 2.45) is 0 Å². The van der Waals surface area contributed by atoms with E-state index in [4.69, 9.17) is 5.26 Å². The van der Waals surface area contributed by atoms with Gasteiger partial charge in [0.15, 0.2) is 17.3 Å². The van der Waals surface area contributed by atoms with Crippen LogP contribution in [-0.4, -0.2) is 20.9 Å². The summed E-state index contributed by atoms with van der Waals surface area (Å²) in [6, 6.07) is 3.53. The van der Waals surface area contributed by atoms with Crippen molar-refractivity contribution < 1.29 is 13.6 Å². The fraction of sp³-hybridized carbons (Fsp3) is 0.211. The summed E-state index contributed by atoms with van der Waals surface area (Å²) in [5, 5.41) is 11.3. The van der Waals surface area contributed by atoms with Gasteiger partial charge in [0.25, 0.3) is 5.56 Å². The normalized spacial score (nSPS) is 11.8. The number of fused-ring (bicyclic) bond motifs is 1. The van der Waals surface area contributed by atoms with Gasteiger partial charge in [0.1, 0.15) is 6.07 Å². The largest absolute Gasteiger partial charge is 0.348 e. The van der Waals surface area contributed by atoms with Gasteiger partial charge in [-0.25, -0.2) is 13.8 Å². The number of amides is 1. The van der Waals surface area contributed by atoms with Crippen molar-refractivity contribution in [2.45, 2.75) is 26.3 Å². The fourth-order valence-corrected chi connectivity index (χ4v) is 2.90. The topological polar surface area (TPSA) is 112 Å². The second-order valence-corrected chi connectivity index (χ2v) is 6.25. The maximum absolute atomic E-state index is 14.2. The Morgan fingerprint density at radius 1 is 1.32 bits per heavy atom. The van der Waals surface area contributed by atoms with E-state index in [2.05, 4.69) is 20.3 Å². The van der Waals surface area contributed by atoms with Crippen LogP contribution in [0.25, 0.3) is 10.9 Å². The first kappa shape index (κ1) is 19.1. The number of benzene rings is 1. The second kappa shape index (κ2) is 7.52. The summed E-state index contributed by atoms with van der Waals surface area (Å²) in [4.78, 5) is 35.1. The lowest BCUT2D eigenvalue weighted by Crippen LogP contribution is -2.31. The summed E-state index contributed by atoms with van der Waals surface area (Å²) in [5.41, 5.74) is 0.451. The summed E-state index contributed by atoms with van der Waals surface area (Å²) < 4.78 is 27.7. The Kier molecular flexibility index (Phi) is 5.13. The molecule has 0 saturated heterocycles. The minimum absolute atomic E-state index is 0.0487. The average Bonchev–Trinajstić information content (AvgIpc) is 2.68. The highest BCUT2D eigenvalue weighted by Crippen LogP contribution is 2.23. The van der Waals surface area contributed by atoms with Crippen LogP contribution in [0.3, 0.4) is 0 Å². The van der Waals surface area contributed by atoms with Gasteiger partial charge < -0.3 is 10.3 Å². The molecule has 9 heteroatoms. The highest BCUT2D eigenvalue weighted by molar-refractivity contribution is 5.86. The number of carbonyl (C=O) groups excluding carboxylic acids is 1. The summed E-state index contributed by atoms with van der Waals surface area (Å²) in [7, 11) is 0. The van der Waals surface area contributed by atoms with Gasteiger partial charge >= 0.3 is 0 Å². The number of nitrogens with zero attached hydrogens (tertiary/aromatic N) is 3. The Hall–Kier alpha value is -3.67. The van der Waals surface area contributed by atoms with E-state index in [1.54, 1.807) is 6.92 Å². The van der Waals surface area contributed by atoms with Gasteiger partial charge in [-0.2, -0.15) is 5.26 Å². The number of halogens is 2. The SMILES string of the molecule is Cc1c(CC(=O)N[C@H](C)c2cnc(C#N)cn2)c(=O)[nH]c2ccc(F)c(F)c12. The monoisotopic (exact) mass is 383 g/mol. The summed E-state index contributed by atoms with van der Waals surface area (Å²) >= 11 is 0. The second-order valence-electron chi connectivity index (χ2n) is 6.25. The van der Waals surface area contributed by atoms with Crippen molar-refractivity contribution in [3.8, 4) is 6.07 Å². The van der Waals surface area contributed by atoms with E-state index >= 15 is 0 Å². The van der Waals surface area contributed by atoms with Gasteiger partial charge in [0.2, 0.25) is 5.91 Å². The van der Waals surface area contributed by atoms with Gasteiger partial charge in [0, 0.05) is 10.9 Å². The van der Waals surface area contributed by atoms with Crippen LogP contribution >= 0.6 is 0 Å².